The van der Waals surface area contributed by atoms with Crippen molar-refractivity contribution in [3.63, 3.8) is 0 Å². The van der Waals surface area contributed by atoms with Gasteiger partial charge in [-0.2, -0.15) is 0 Å². The van der Waals surface area contributed by atoms with Crippen LogP contribution in [0.1, 0.15) is 35.3 Å². The number of amides is 2. The minimum Gasteiger partial charge on any atom is -0.493 e. The van der Waals surface area contributed by atoms with Crippen molar-refractivity contribution in [2.45, 2.75) is 24.7 Å². The molecule has 192 valence electrons. The summed E-state index contributed by atoms with van der Waals surface area (Å²) >= 11 is 6.35. The summed E-state index contributed by atoms with van der Waals surface area (Å²) in [5, 5.41) is 6.74. The van der Waals surface area contributed by atoms with Gasteiger partial charge in [-0.1, -0.05) is 24.2 Å². The predicted molar refractivity (Wildman–Crippen MR) is 140 cm³/mol. The molecule has 0 radical (unpaired) electrons. The number of nitrogens with one attached hydrogen (secondary N) is 3. The first-order valence-electron chi connectivity index (χ1n) is 12.0. The van der Waals surface area contributed by atoms with Gasteiger partial charge in [0.2, 0.25) is 5.91 Å². The highest BCUT2D eigenvalue weighted by Gasteiger charge is 2.44. The van der Waals surface area contributed by atoms with E-state index in [0.717, 1.165) is 24.7 Å². The molecule has 37 heavy (non-hydrogen) atoms. The van der Waals surface area contributed by atoms with Crippen molar-refractivity contribution in [3.05, 3.63) is 71.4 Å². The summed E-state index contributed by atoms with van der Waals surface area (Å²) in [7, 11) is 1.51. The molecule has 0 unspecified atom stereocenters. The lowest BCUT2D eigenvalue weighted by Gasteiger charge is -2.36. The van der Waals surface area contributed by atoms with Crippen LogP contribution in [0.2, 0.25) is 5.02 Å². The predicted octanol–water partition coefficient (Wildman–Crippen LogP) is 4.80. The Morgan fingerprint density at radius 3 is 2.92 bits per heavy atom. The monoisotopic (exact) mass is 523 g/mol. The number of carbonyl (C=O) groups excluding carboxylic acids is 2. The summed E-state index contributed by atoms with van der Waals surface area (Å²) < 4.78 is 20.5. The van der Waals surface area contributed by atoms with Crippen LogP contribution >= 0.6 is 11.6 Å². The Morgan fingerprint density at radius 1 is 1.32 bits per heavy atom. The summed E-state index contributed by atoms with van der Waals surface area (Å²) in [4.78, 5) is 34.8. The number of rotatable bonds is 5. The fourth-order valence-corrected chi connectivity index (χ4v) is 5.63. The molecule has 2 amide bonds. The van der Waals surface area contributed by atoms with Crippen molar-refractivity contribution < 1.29 is 18.7 Å². The van der Waals surface area contributed by atoms with Crippen LogP contribution in [0.5, 0.6) is 5.75 Å². The number of methoxy groups -OCH3 is 1. The molecule has 8 nitrogen and oxygen atoms in total. The van der Waals surface area contributed by atoms with Crippen molar-refractivity contribution in [3.8, 4) is 17.0 Å². The number of fused-ring (bicyclic) bond motifs is 2. The number of H-pyrrole nitrogens is 1. The van der Waals surface area contributed by atoms with Gasteiger partial charge >= 0.3 is 0 Å². The van der Waals surface area contributed by atoms with Gasteiger partial charge in [-0.05, 0) is 43.5 Å². The lowest BCUT2D eigenvalue weighted by atomic mass is 9.74. The fraction of sp³-hybridized carbons (Fsp3) is 0.296. The van der Waals surface area contributed by atoms with E-state index >= 15 is 4.39 Å². The molecule has 0 aliphatic carbocycles. The van der Waals surface area contributed by atoms with Crippen LogP contribution in [0.15, 0.2) is 49.3 Å². The van der Waals surface area contributed by atoms with Gasteiger partial charge in [-0.25, -0.2) is 4.39 Å². The highest BCUT2D eigenvalue weighted by molar-refractivity contribution is 6.32. The number of aromatic nitrogens is 2. The number of benzene rings is 1. The van der Waals surface area contributed by atoms with Crippen LogP contribution in [-0.2, 0) is 10.2 Å². The molecule has 3 N–H and O–H groups in total. The minimum absolute atomic E-state index is 0.112. The highest BCUT2D eigenvalue weighted by atomic mass is 35.5. The van der Waals surface area contributed by atoms with Gasteiger partial charge in [0.05, 0.1) is 41.0 Å². The number of carbonyl (C=O) groups is 2. The van der Waals surface area contributed by atoms with Crippen LogP contribution in [0.3, 0.4) is 0 Å². The van der Waals surface area contributed by atoms with E-state index in [1.165, 1.54) is 19.4 Å². The zero-order valence-electron chi connectivity index (χ0n) is 20.4. The Morgan fingerprint density at radius 2 is 2.16 bits per heavy atom. The molecular weight excluding hydrogens is 497 g/mol. The van der Waals surface area contributed by atoms with Crippen LogP contribution in [0, 0.1) is 5.82 Å². The molecule has 2 aromatic heterocycles. The second-order valence-electron chi connectivity index (χ2n) is 9.27. The number of ether oxygens (including phenoxy) is 1. The quantitative estimate of drug-likeness (QED) is 0.417. The first kappa shape index (κ1) is 24.8. The van der Waals surface area contributed by atoms with E-state index in [9.17, 15) is 9.59 Å². The smallest absolute Gasteiger partial charge is 0.255 e. The SMILES string of the molecule is C=CC(=O)N1CCC[C@@]2(CC1)CNC(=O)c1c2[nH]c(-c2ccncc2F)c1Nc1cccc(Cl)c1OC. The number of hydrogen-bond donors (Lipinski definition) is 3. The number of aromatic amines is 1. The number of hydrogen-bond acceptors (Lipinski definition) is 5. The summed E-state index contributed by atoms with van der Waals surface area (Å²) in [6.07, 6.45) is 6.07. The van der Waals surface area contributed by atoms with Gasteiger partial charge in [-0.15, -0.1) is 0 Å². The molecule has 1 aromatic carbocycles. The molecular formula is C27H27ClFN5O3. The molecule has 2 aliphatic heterocycles. The number of halogens is 2. The zero-order chi connectivity index (χ0) is 26.2. The molecule has 10 heteroatoms. The van der Waals surface area contributed by atoms with Gasteiger partial charge in [0, 0.05) is 42.5 Å². The van der Waals surface area contributed by atoms with E-state index in [2.05, 4.69) is 27.2 Å². The number of para-hydroxylation sites is 1. The van der Waals surface area contributed by atoms with E-state index in [0.29, 0.717) is 59.5 Å². The number of likely N-dealkylation sites (tertiary alicyclic amines) is 1. The first-order valence-corrected chi connectivity index (χ1v) is 12.4. The van der Waals surface area contributed by atoms with Crippen molar-refractivity contribution >= 4 is 34.8 Å². The summed E-state index contributed by atoms with van der Waals surface area (Å²) in [5.41, 5.74) is 2.31. The lowest BCUT2D eigenvalue weighted by Crippen LogP contribution is -2.47. The maximum absolute atomic E-state index is 15.0. The molecule has 1 saturated heterocycles. The lowest BCUT2D eigenvalue weighted by molar-refractivity contribution is -0.126. The Bertz CT molecular complexity index is 1390. The Balaban J connectivity index is 1.68. The van der Waals surface area contributed by atoms with Crippen molar-refractivity contribution in [2.75, 3.05) is 32.1 Å². The Hall–Kier alpha value is -3.85. The summed E-state index contributed by atoms with van der Waals surface area (Å²) in [6.45, 7) is 5.14. The van der Waals surface area contributed by atoms with Crippen molar-refractivity contribution in [1.82, 2.24) is 20.2 Å². The highest BCUT2D eigenvalue weighted by Crippen LogP contribution is 2.47. The maximum Gasteiger partial charge on any atom is 0.255 e. The normalized spacial score (nSPS) is 19.1. The van der Waals surface area contributed by atoms with Gasteiger partial charge in [0.15, 0.2) is 11.6 Å². The van der Waals surface area contributed by atoms with Gasteiger partial charge < -0.3 is 25.3 Å². The van der Waals surface area contributed by atoms with Crippen molar-refractivity contribution in [2.24, 2.45) is 0 Å². The van der Waals surface area contributed by atoms with Gasteiger partial charge in [0.1, 0.15) is 0 Å². The Labute approximate surface area is 218 Å². The molecule has 1 fully saturated rings. The maximum atomic E-state index is 15.0. The standard InChI is InChI=1S/C27H27ClFN5O3/c1-3-20(35)34-12-5-9-27(10-13-34)15-31-26(36)21-23(32-19-7-4-6-17(28)24(19)37-2)22(33-25(21)27)16-8-11-30-14-18(16)29/h3-4,6-8,11,14,32-33H,1,5,9-10,12-13,15H2,2H3,(H,31,36)/t27-/m1/s1. The Kier molecular flexibility index (Phi) is 6.64. The van der Waals surface area contributed by atoms with Crippen molar-refractivity contribution in [1.29, 1.82) is 0 Å². The fourth-order valence-electron chi connectivity index (χ4n) is 5.38. The molecule has 0 bridgehead atoms. The van der Waals surface area contributed by atoms with E-state index in [1.807, 2.05) is 0 Å². The second kappa shape index (κ2) is 9.89. The van der Waals surface area contributed by atoms with E-state index in [4.69, 9.17) is 16.3 Å². The van der Waals surface area contributed by atoms with E-state index in [1.54, 1.807) is 29.2 Å². The van der Waals surface area contributed by atoms with Crippen LogP contribution in [0.4, 0.5) is 15.8 Å². The molecule has 5 rings (SSSR count). The zero-order valence-corrected chi connectivity index (χ0v) is 21.1. The van der Waals surface area contributed by atoms with E-state index in [-0.39, 0.29) is 17.4 Å². The summed E-state index contributed by atoms with van der Waals surface area (Å²) in [5.74, 6) is -0.512. The molecule has 1 atom stereocenters. The second-order valence-corrected chi connectivity index (χ2v) is 9.68. The third-order valence-electron chi connectivity index (χ3n) is 7.25. The third kappa shape index (κ3) is 4.33. The summed E-state index contributed by atoms with van der Waals surface area (Å²) in [6, 6.07) is 6.80. The average molecular weight is 524 g/mol. The van der Waals surface area contributed by atoms with Gasteiger partial charge in [-0.3, -0.25) is 14.6 Å². The third-order valence-corrected chi connectivity index (χ3v) is 7.54. The average Bonchev–Trinajstić information content (AvgIpc) is 3.14. The number of anilines is 2. The number of pyridine rings is 1. The van der Waals surface area contributed by atoms with E-state index < -0.39 is 11.2 Å². The number of nitrogens with zero attached hydrogens (tertiary/aromatic N) is 2. The first-order chi connectivity index (χ1) is 17.9. The minimum atomic E-state index is -0.528. The molecule has 2 aliphatic rings. The molecule has 0 saturated carbocycles. The molecule has 4 heterocycles. The van der Waals surface area contributed by atoms with Gasteiger partial charge in [0.25, 0.3) is 5.91 Å². The van der Waals surface area contributed by atoms with Crippen LogP contribution in [0.25, 0.3) is 11.3 Å². The largest absolute Gasteiger partial charge is 0.493 e. The molecule has 1 spiro atoms. The van der Waals surface area contributed by atoms with Crippen LogP contribution < -0.4 is 15.4 Å². The molecule has 3 aromatic rings. The van der Waals surface area contributed by atoms with Crippen LogP contribution in [-0.4, -0.2) is 53.4 Å². The topological polar surface area (TPSA) is 99.4 Å².